The van der Waals surface area contributed by atoms with Crippen LogP contribution in [0.15, 0.2) is 30.3 Å². The van der Waals surface area contributed by atoms with Crippen LogP contribution in [0.2, 0.25) is 0 Å². The molecule has 1 amide bonds. The highest BCUT2D eigenvalue weighted by atomic mass is 19.4. The van der Waals surface area contributed by atoms with Crippen molar-refractivity contribution in [3.05, 3.63) is 52.8 Å². The standard InChI is InChI=1S/C21H23F3N4O4.C2H6/c1-20(2,31)7-8-26-15-10-13(19(30)32-3)16(9-12(15)11-25)28-18(29)14-5-4-6-17(27-14)21(22,23)24;1-2/h4-6,9-11,25-26,31H,7-8H2,1-3H3,(H,28,29);1-2H3. The molecule has 1 heterocycles. The maximum absolute atomic E-state index is 12.9. The maximum atomic E-state index is 12.9. The highest BCUT2D eigenvalue weighted by molar-refractivity contribution is 6.08. The van der Waals surface area contributed by atoms with E-state index in [0.717, 1.165) is 31.5 Å². The van der Waals surface area contributed by atoms with E-state index in [1.807, 2.05) is 13.8 Å². The van der Waals surface area contributed by atoms with Gasteiger partial charge in [-0.25, -0.2) is 9.78 Å². The number of benzene rings is 1. The summed E-state index contributed by atoms with van der Waals surface area (Å²) in [6.07, 6.45) is -3.37. The van der Waals surface area contributed by atoms with Gasteiger partial charge in [0.1, 0.15) is 11.4 Å². The van der Waals surface area contributed by atoms with E-state index in [9.17, 15) is 27.9 Å². The van der Waals surface area contributed by atoms with Gasteiger partial charge in [0.15, 0.2) is 0 Å². The first-order chi connectivity index (χ1) is 15.9. The number of ether oxygens (including phenoxy) is 1. The monoisotopic (exact) mass is 482 g/mol. The smallest absolute Gasteiger partial charge is 0.433 e. The number of nitrogens with one attached hydrogen (secondary N) is 3. The van der Waals surface area contributed by atoms with Crippen LogP contribution in [0.1, 0.15) is 66.2 Å². The second-order valence-corrected chi connectivity index (χ2v) is 7.47. The van der Waals surface area contributed by atoms with E-state index in [2.05, 4.69) is 15.6 Å². The van der Waals surface area contributed by atoms with Crippen molar-refractivity contribution in [1.82, 2.24) is 4.98 Å². The Morgan fingerprint density at radius 2 is 1.82 bits per heavy atom. The molecule has 0 bridgehead atoms. The molecule has 0 atom stereocenters. The van der Waals surface area contributed by atoms with Gasteiger partial charge in [0, 0.05) is 24.0 Å². The summed E-state index contributed by atoms with van der Waals surface area (Å²) in [6, 6.07) is 5.55. The molecular formula is C23H29F3N4O4. The van der Waals surface area contributed by atoms with Crippen LogP contribution in [0.3, 0.4) is 0 Å². The fraction of sp³-hybridized carbons (Fsp3) is 0.391. The van der Waals surface area contributed by atoms with Crippen LogP contribution >= 0.6 is 0 Å². The average Bonchev–Trinajstić information content (AvgIpc) is 2.79. The van der Waals surface area contributed by atoms with Crippen LogP contribution in [0, 0.1) is 5.41 Å². The van der Waals surface area contributed by atoms with Gasteiger partial charge in [-0.2, -0.15) is 13.2 Å². The molecule has 1 aromatic carbocycles. The molecule has 0 saturated heterocycles. The highest BCUT2D eigenvalue weighted by Gasteiger charge is 2.33. The van der Waals surface area contributed by atoms with Gasteiger partial charge in [0.25, 0.3) is 5.91 Å². The zero-order valence-electron chi connectivity index (χ0n) is 19.6. The summed E-state index contributed by atoms with van der Waals surface area (Å²) in [4.78, 5) is 28.1. The number of hydrogen-bond donors (Lipinski definition) is 4. The topological polar surface area (TPSA) is 124 Å². The number of carbonyl (C=O) groups is 2. The second kappa shape index (κ2) is 12.1. The molecule has 0 fully saturated rings. The summed E-state index contributed by atoms with van der Waals surface area (Å²) in [5.74, 6) is -1.78. The number of alkyl halides is 3. The van der Waals surface area contributed by atoms with Gasteiger partial charge in [-0.15, -0.1) is 0 Å². The minimum Gasteiger partial charge on any atom is -0.465 e. The van der Waals surface area contributed by atoms with Crippen molar-refractivity contribution in [3.8, 4) is 0 Å². The number of nitrogens with zero attached hydrogens (tertiary/aromatic N) is 1. The first kappa shape index (κ1) is 28.6. The molecule has 4 N–H and O–H groups in total. The summed E-state index contributed by atoms with van der Waals surface area (Å²) >= 11 is 0. The van der Waals surface area contributed by atoms with Crippen molar-refractivity contribution in [2.24, 2.45) is 0 Å². The van der Waals surface area contributed by atoms with E-state index in [1.54, 1.807) is 13.8 Å². The maximum Gasteiger partial charge on any atom is 0.433 e. The van der Waals surface area contributed by atoms with Crippen molar-refractivity contribution in [3.63, 3.8) is 0 Å². The van der Waals surface area contributed by atoms with Gasteiger partial charge < -0.3 is 25.9 Å². The molecule has 0 aliphatic carbocycles. The lowest BCUT2D eigenvalue weighted by atomic mass is 10.0. The number of aromatic nitrogens is 1. The molecule has 0 unspecified atom stereocenters. The molecular weight excluding hydrogens is 453 g/mol. The molecule has 2 rings (SSSR count). The lowest BCUT2D eigenvalue weighted by molar-refractivity contribution is -0.141. The fourth-order valence-electron chi connectivity index (χ4n) is 2.68. The van der Waals surface area contributed by atoms with Crippen LogP contribution in [0.25, 0.3) is 0 Å². The third-order valence-electron chi connectivity index (χ3n) is 4.32. The van der Waals surface area contributed by atoms with Crippen LogP contribution in [0.4, 0.5) is 24.5 Å². The zero-order chi connectivity index (χ0) is 26.1. The molecule has 1 aromatic heterocycles. The molecule has 0 spiro atoms. The van der Waals surface area contributed by atoms with Crippen LogP contribution in [-0.4, -0.2) is 47.4 Å². The number of pyridine rings is 1. The van der Waals surface area contributed by atoms with Crippen molar-refractivity contribution in [1.29, 1.82) is 5.41 Å². The molecule has 11 heteroatoms. The second-order valence-electron chi connectivity index (χ2n) is 7.47. The van der Waals surface area contributed by atoms with Crippen LogP contribution in [0.5, 0.6) is 0 Å². The number of halogens is 3. The number of anilines is 2. The van der Waals surface area contributed by atoms with Gasteiger partial charge in [-0.1, -0.05) is 19.9 Å². The average molecular weight is 483 g/mol. The van der Waals surface area contributed by atoms with Gasteiger partial charge in [0.05, 0.1) is 24.0 Å². The highest BCUT2D eigenvalue weighted by Crippen LogP contribution is 2.29. The third-order valence-corrected chi connectivity index (χ3v) is 4.32. The van der Waals surface area contributed by atoms with E-state index < -0.39 is 35.0 Å². The Labute approximate surface area is 196 Å². The number of carbonyl (C=O) groups excluding carboxylic acids is 2. The van der Waals surface area contributed by atoms with E-state index in [4.69, 9.17) is 10.1 Å². The number of esters is 1. The summed E-state index contributed by atoms with van der Waals surface area (Å²) in [5, 5.41) is 22.8. The minimum atomic E-state index is -4.72. The van der Waals surface area contributed by atoms with Crippen LogP contribution in [-0.2, 0) is 10.9 Å². The summed E-state index contributed by atoms with van der Waals surface area (Å²) in [5.41, 5.74) is -2.14. The van der Waals surface area contributed by atoms with Gasteiger partial charge >= 0.3 is 12.1 Å². The number of methoxy groups -OCH3 is 1. The largest absolute Gasteiger partial charge is 0.465 e. The number of hydrogen-bond acceptors (Lipinski definition) is 7. The molecule has 0 radical (unpaired) electrons. The summed E-state index contributed by atoms with van der Waals surface area (Å²) < 4.78 is 43.4. The lowest BCUT2D eigenvalue weighted by Crippen LogP contribution is -2.23. The van der Waals surface area contributed by atoms with Crippen molar-refractivity contribution in [2.75, 3.05) is 24.3 Å². The first-order valence-corrected chi connectivity index (χ1v) is 10.4. The molecule has 0 aliphatic rings. The van der Waals surface area contributed by atoms with Gasteiger partial charge in [0.2, 0.25) is 0 Å². The summed E-state index contributed by atoms with van der Waals surface area (Å²) in [6.45, 7) is 7.59. The van der Waals surface area contributed by atoms with Crippen molar-refractivity contribution in [2.45, 2.75) is 45.9 Å². The Hall–Kier alpha value is -3.47. The Morgan fingerprint density at radius 3 is 2.35 bits per heavy atom. The molecule has 8 nitrogen and oxygen atoms in total. The number of amides is 1. The molecule has 34 heavy (non-hydrogen) atoms. The van der Waals surface area contributed by atoms with Crippen LogP contribution < -0.4 is 10.6 Å². The molecule has 186 valence electrons. The van der Waals surface area contributed by atoms with Crippen molar-refractivity contribution >= 4 is 29.5 Å². The molecule has 0 aliphatic heterocycles. The van der Waals surface area contributed by atoms with E-state index in [1.165, 1.54) is 12.1 Å². The Balaban J connectivity index is 0.00000281. The quantitative estimate of drug-likeness (QED) is 0.318. The first-order valence-electron chi connectivity index (χ1n) is 10.4. The normalized spacial score (nSPS) is 11.1. The SMILES string of the molecule is CC.COC(=O)c1cc(NCCC(C)(C)O)c(C=N)cc1NC(=O)c1cccc(C(F)(F)F)n1. The predicted octanol–water partition coefficient (Wildman–Crippen LogP) is 4.74. The molecule has 2 aromatic rings. The minimum absolute atomic E-state index is 0.0624. The summed E-state index contributed by atoms with van der Waals surface area (Å²) in [7, 11) is 1.13. The van der Waals surface area contributed by atoms with Gasteiger partial charge in [-0.3, -0.25) is 4.79 Å². The molecule has 0 saturated carbocycles. The Morgan fingerprint density at radius 1 is 1.18 bits per heavy atom. The third kappa shape index (κ3) is 8.14. The van der Waals surface area contributed by atoms with Gasteiger partial charge in [-0.05, 0) is 44.5 Å². The Kier molecular flexibility index (Phi) is 10.2. The lowest BCUT2D eigenvalue weighted by Gasteiger charge is -2.19. The van der Waals surface area contributed by atoms with E-state index in [0.29, 0.717) is 24.2 Å². The fourth-order valence-corrected chi connectivity index (χ4v) is 2.68. The number of aliphatic hydroxyl groups is 1. The predicted molar refractivity (Wildman–Crippen MR) is 124 cm³/mol. The van der Waals surface area contributed by atoms with Crippen molar-refractivity contribution < 1.29 is 32.6 Å². The number of rotatable bonds is 8. The Bertz CT molecular complexity index is 1020. The van der Waals surface area contributed by atoms with E-state index in [-0.39, 0.29) is 11.3 Å². The zero-order valence-corrected chi connectivity index (χ0v) is 19.6. The van der Waals surface area contributed by atoms with E-state index >= 15 is 0 Å².